The zero-order valence-electron chi connectivity index (χ0n) is 9.46. The molecule has 0 amide bonds. The number of methoxy groups -OCH3 is 1. The minimum Gasteiger partial charge on any atom is -0.467 e. The zero-order valence-corrected chi connectivity index (χ0v) is 9.46. The lowest BCUT2D eigenvalue weighted by Crippen LogP contribution is -2.25. The van der Waals surface area contributed by atoms with E-state index in [1.807, 2.05) is 30.3 Å². The van der Waals surface area contributed by atoms with E-state index in [-0.39, 0.29) is 6.61 Å². The van der Waals surface area contributed by atoms with Gasteiger partial charge in [-0.05, 0) is 5.56 Å². The van der Waals surface area contributed by atoms with Crippen molar-refractivity contribution < 1.29 is 19.1 Å². The fraction of sp³-hybridized carbons (Fsp3) is 0.333. The summed E-state index contributed by atoms with van der Waals surface area (Å²) in [6, 6.07) is 8.53. The van der Waals surface area contributed by atoms with Gasteiger partial charge in [0.15, 0.2) is 6.04 Å². The standard InChI is InChI=1S/C12H13NO4/c1-16-12(15)11(13-9-14)8-17-7-10-5-3-2-4-6-10/h2-6,11H,7-8H2,1H3/t11-/m0/s1. The Morgan fingerprint density at radius 1 is 1.41 bits per heavy atom. The molecule has 0 bridgehead atoms. The van der Waals surface area contributed by atoms with Gasteiger partial charge in [0.2, 0.25) is 6.08 Å². The van der Waals surface area contributed by atoms with Crippen molar-refractivity contribution in [3.05, 3.63) is 35.9 Å². The number of ether oxygens (including phenoxy) is 2. The molecule has 1 aromatic carbocycles. The second kappa shape index (κ2) is 7.33. The summed E-state index contributed by atoms with van der Waals surface area (Å²) in [5, 5.41) is 0. The van der Waals surface area contributed by atoms with Crippen LogP contribution in [0.25, 0.3) is 0 Å². The molecule has 0 aliphatic carbocycles. The smallest absolute Gasteiger partial charge is 0.333 e. The van der Waals surface area contributed by atoms with E-state index in [2.05, 4.69) is 9.73 Å². The van der Waals surface area contributed by atoms with Crippen molar-refractivity contribution >= 4 is 12.0 Å². The molecule has 0 unspecified atom stereocenters. The lowest BCUT2D eigenvalue weighted by atomic mass is 10.2. The van der Waals surface area contributed by atoms with Crippen molar-refractivity contribution in [1.82, 2.24) is 0 Å². The van der Waals surface area contributed by atoms with Gasteiger partial charge in [-0.25, -0.2) is 9.59 Å². The van der Waals surface area contributed by atoms with E-state index in [1.54, 1.807) is 0 Å². The van der Waals surface area contributed by atoms with Crippen LogP contribution < -0.4 is 0 Å². The maximum Gasteiger partial charge on any atom is 0.333 e. The highest BCUT2D eigenvalue weighted by Crippen LogP contribution is 2.02. The van der Waals surface area contributed by atoms with Crippen LogP contribution in [-0.4, -0.2) is 31.8 Å². The summed E-state index contributed by atoms with van der Waals surface area (Å²) in [6.07, 6.45) is 1.33. The molecule has 0 fully saturated rings. The molecule has 0 aromatic heterocycles. The molecule has 0 saturated carbocycles. The number of hydrogen-bond donors (Lipinski definition) is 0. The van der Waals surface area contributed by atoms with Gasteiger partial charge in [-0.15, -0.1) is 0 Å². The highest BCUT2D eigenvalue weighted by Gasteiger charge is 2.18. The molecule has 1 rings (SSSR count). The van der Waals surface area contributed by atoms with Crippen molar-refractivity contribution in [2.45, 2.75) is 12.6 Å². The molecule has 90 valence electrons. The Labute approximate surface area is 99.1 Å². The number of hydrogen-bond acceptors (Lipinski definition) is 5. The molecule has 0 heterocycles. The van der Waals surface area contributed by atoms with E-state index >= 15 is 0 Å². The Morgan fingerprint density at radius 2 is 2.12 bits per heavy atom. The van der Waals surface area contributed by atoms with Crippen LogP contribution in [0.5, 0.6) is 0 Å². The minimum absolute atomic E-state index is 0.00317. The van der Waals surface area contributed by atoms with E-state index in [4.69, 9.17) is 4.74 Å². The number of carbonyl (C=O) groups is 1. The van der Waals surface area contributed by atoms with E-state index in [0.717, 1.165) is 5.56 Å². The van der Waals surface area contributed by atoms with Gasteiger partial charge in [-0.3, -0.25) is 0 Å². The van der Waals surface area contributed by atoms with Gasteiger partial charge in [-0.1, -0.05) is 30.3 Å². The first-order chi connectivity index (χ1) is 8.27. The van der Waals surface area contributed by atoms with Gasteiger partial charge >= 0.3 is 5.97 Å². The normalized spacial score (nSPS) is 11.4. The first-order valence-corrected chi connectivity index (χ1v) is 5.04. The van der Waals surface area contributed by atoms with Crippen LogP contribution in [0.3, 0.4) is 0 Å². The van der Waals surface area contributed by atoms with Crippen molar-refractivity contribution in [2.24, 2.45) is 4.99 Å². The molecular formula is C12H13NO4. The molecule has 0 aliphatic rings. The van der Waals surface area contributed by atoms with Gasteiger partial charge in [0, 0.05) is 0 Å². The number of rotatable bonds is 6. The second-order valence-corrected chi connectivity index (χ2v) is 3.26. The van der Waals surface area contributed by atoms with Gasteiger partial charge in [0.25, 0.3) is 0 Å². The van der Waals surface area contributed by atoms with Crippen molar-refractivity contribution in [3.63, 3.8) is 0 Å². The summed E-state index contributed by atoms with van der Waals surface area (Å²) in [5.41, 5.74) is 0.978. The van der Waals surface area contributed by atoms with Crippen LogP contribution in [0, 0.1) is 0 Å². The van der Waals surface area contributed by atoms with E-state index in [0.29, 0.717) is 6.61 Å². The quantitative estimate of drug-likeness (QED) is 0.420. The third kappa shape index (κ3) is 4.59. The average molecular weight is 235 g/mol. The Balaban J connectivity index is 2.42. The number of nitrogens with zero attached hydrogens (tertiary/aromatic N) is 1. The van der Waals surface area contributed by atoms with Crippen LogP contribution in [0.4, 0.5) is 0 Å². The molecule has 5 heteroatoms. The highest BCUT2D eigenvalue weighted by molar-refractivity contribution is 5.76. The molecular weight excluding hydrogens is 222 g/mol. The van der Waals surface area contributed by atoms with Crippen LogP contribution >= 0.6 is 0 Å². The van der Waals surface area contributed by atoms with Gasteiger partial charge < -0.3 is 9.47 Å². The Kier molecular flexibility index (Phi) is 5.64. The maximum atomic E-state index is 11.2. The van der Waals surface area contributed by atoms with Gasteiger partial charge in [0.1, 0.15) is 0 Å². The SMILES string of the molecule is COC(=O)[C@H](COCc1ccccc1)N=C=O. The first-order valence-electron chi connectivity index (χ1n) is 5.04. The molecule has 5 nitrogen and oxygen atoms in total. The van der Waals surface area contributed by atoms with E-state index < -0.39 is 12.0 Å². The Hall–Kier alpha value is -1.97. The predicted octanol–water partition coefficient (Wildman–Crippen LogP) is 1.08. The molecule has 0 saturated heterocycles. The number of carbonyl (C=O) groups excluding carboxylic acids is 2. The topological polar surface area (TPSA) is 65.0 Å². The molecule has 1 atom stereocenters. The fourth-order valence-electron chi connectivity index (χ4n) is 1.22. The summed E-state index contributed by atoms with van der Waals surface area (Å²) in [5.74, 6) is -0.610. The summed E-state index contributed by atoms with van der Waals surface area (Å²) in [4.78, 5) is 24.6. The second-order valence-electron chi connectivity index (χ2n) is 3.26. The van der Waals surface area contributed by atoms with Crippen molar-refractivity contribution in [3.8, 4) is 0 Å². The summed E-state index contributed by atoms with van der Waals surface area (Å²) in [7, 11) is 1.23. The highest BCUT2D eigenvalue weighted by atomic mass is 16.5. The largest absolute Gasteiger partial charge is 0.467 e. The zero-order chi connectivity index (χ0) is 12.5. The monoisotopic (exact) mass is 235 g/mol. The van der Waals surface area contributed by atoms with Crippen LogP contribution in [0.2, 0.25) is 0 Å². The third-order valence-electron chi connectivity index (χ3n) is 2.07. The van der Waals surface area contributed by atoms with Gasteiger partial charge in [0.05, 0.1) is 20.3 Å². The molecule has 17 heavy (non-hydrogen) atoms. The van der Waals surface area contributed by atoms with Gasteiger partial charge in [-0.2, -0.15) is 4.99 Å². The third-order valence-corrected chi connectivity index (χ3v) is 2.07. The fourth-order valence-corrected chi connectivity index (χ4v) is 1.22. The molecule has 0 radical (unpaired) electrons. The summed E-state index contributed by atoms with van der Waals surface area (Å²) < 4.78 is 9.76. The van der Waals surface area contributed by atoms with Crippen molar-refractivity contribution in [2.75, 3.05) is 13.7 Å². The van der Waals surface area contributed by atoms with E-state index in [9.17, 15) is 9.59 Å². The molecule has 0 N–H and O–H groups in total. The van der Waals surface area contributed by atoms with Crippen LogP contribution in [0.1, 0.15) is 5.56 Å². The van der Waals surface area contributed by atoms with Crippen molar-refractivity contribution in [1.29, 1.82) is 0 Å². The van der Waals surface area contributed by atoms with E-state index in [1.165, 1.54) is 13.2 Å². The first kappa shape index (κ1) is 13.1. The predicted molar refractivity (Wildman–Crippen MR) is 60.0 cm³/mol. The molecule has 0 spiro atoms. The van der Waals surface area contributed by atoms with Crippen LogP contribution in [0.15, 0.2) is 35.3 Å². The minimum atomic E-state index is -0.943. The number of benzene rings is 1. The Bertz CT molecular complexity index is 398. The maximum absolute atomic E-state index is 11.2. The lowest BCUT2D eigenvalue weighted by molar-refractivity contribution is -0.143. The number of esters is 1. The number of isocyanates is 1. The number of aliphatic imine (C=N–C) groups is 1. The lowest BCUT2D eigenvalue weighted by Gasteiger charge is -2.09. The Morgan fingerprint density at radius 3 is 2.71 bits per heavy atom. The van der Waals surface area contributed by atoms with Crippen LogP contribution in [-0.2, 0) is 25.7 Å². The summed E-state index contributed by atoms with van der Waals surface area (Å²) >= 11 is 0. The summed E-state index contributed by atoms with van der Waals surface area (Å²) in [6.45, 7) is 0.347. The average Bonchev–Trinajstić information content (AvgIpc) is 2.38. The molecule has 0 aliphatic heterocycles. The molecule has 1 aromatic rings.